The predicted octanol–water partition coefficient (Wildman–Crippen LogP) is 2.09. The van der Waals surface area contributed by atoms with Gasteiger partial charge in [0.25, 0.3) is 0 Å². The minimum atomic E-state index is -0.0740. The summed E-state index contributed by atoms with van der Waals surface area (Å²) in [6.07, 6.45) is 2.92. The van der Waals surface area contributed by atoms with E-state index in [-0.39, 0.29) is 12.1 Å². The summed E-state index contributed by atoms with van der Waals surface area (Å²) in [5.41, 5.74) is 1.11. The molecule has 0 spiro atoms. The van der Waals surface area contributed by atoms with Crippen molar-refractivity contribution in [3.63, 3.8) is 0 Å². The van der Waals surface area contributed by atoms with E-state index in [1.54, 1.807) is 0 Å². The molecular weight excluding hydrogens is 162 g/mol. The van der Waals surface area contributed by atoms with E-state index in [0.29, 0.717) is 0 Å². The first-order chi connectivity index (χ1) is 6.10. The van der Waals surface area contributed by atoms with Gasteiger partial charge in [0, 0.05) is 5.54 Å². The van der Waals surface area contributed by atoms with Crippen LogP contribution >= 0.6 is 0 Å². The summed E-state index contributed by atoms with van der Waals surface area (Å²) >= 11 is 0. The highest BCUT2D eigenvalue weighted by Crippen LogP contribution is 2.14. The zero-order valence-corrected chi connectivity index (χ0v) is 9.19. The minimum absolute atomic E-state index is 0.0740. The molecule has 0 rings (SSSR count). The topological polar surface area (TPSA) is 32.3 Å². The Bertz CT molecular complexity index is 142. The smallest absolute Gasteiger partial charge is 0.0613 e. The summed E-state index contributed by atoms with van der Waals surface area (Å²) in [5, 5.41) is 12.7. The van der Waals surface area contributed by atoms with Gasteiger partial charge >= 0.3 is 0 Å². The molecule has 0 aromatic heterocycles. The van der Waals surface area contributed by atoms with Crippen LogP contribution in [-0.2, 0) is 0 Å². The fourth-order valence-corrected chi connectivity index (χ4v) is 1.32. The molecule has 0 aliphatic carbocycles. The molecule has 0 heterocycles. The van der Waals surface area contributed by atoms with Crippen molar-refractivity contribution in [3.8, 4) is 0 Å². The molecule has 0 saturated heterocycles. The van der Waals surface area contributed by atoms with Crippen molar-refractivity contribution in [1.29, 1.82) is 0 Å². The van der Waals surface area contributed by atoms with Crippen LogP contribution < -0.4 is 5.32 Å². The number of hydrogen-bond acceptors (Lipinski definition) is 2. The van der Waals surface area contributed by atoms with E-state index < -0.39 is 0 Å². The normalized spacial score (nSPS) is 11.7. The van der Waals surface area contributed by atoms with Gasteiger partial charge in [-0.3, -0.25) is 0 Å². The summed E-state index contributed by atoms with van der Waals surface area (Å²) in [7, 11) is 0. The molecule has 2 heteroatoms. The van der Waals surface area contributed by atoms with Crippen molar-refractivity contribution >= 4 is 0 Å². The van der Waals surface area contributed by atoms with Crippen LogP contribution in [0, 0.1) is 0 Å². The largest absolute Gasteiger partial charge is 0.394 e. The fourth-order valence-electron chi connectivity index (χ4n) is 1.32. The molecule has 0 unspecified atom stereocenters. The minimum Gasteiger partial charge on any atom is -0.394 e. The summed E-state index contributed by atoms with van der Waals surface area (Å²) in [6.45, 7) is 11.2. The standard InChI is InChI=1S/C11H23NO/c1-5-11(6-2,9-13)12-8-7-10(3)4/h12-13H,3,5-9H2,1-2,4H3. The van der Waals surface area contributed by atoms with E-state index in [4.69, 9.17) is 0 Å². The van der Waals surface area contributed by atoms with Gasteiger partial charge in [0.05, 0.1) is 6.61 Å². The molecule has 2 N–H and O–H groups in total. The van der Waals surface area contributed by atoms with Crippen LogP contribution in [0.5, 0.6) is 0 Å². The van der Waals surface area contributed by atoms with Crippen LogP contribution in [-0.4, -0.2) is 23.8 Å². The Balaban J connectivity index is 3.88. The van der Waals surface area contributed by atoms with Gasteiger partial charge in [0.2, 0.25) is 0 Å². The van der Waals surface area contributed by atoms with Crippen LogP contribution in [0.2, 0.25) is 0 Å². The molecule has 0 fully saturated rings. The van der Waals surface area contributed by atoms with Crippen LogP contribution in [0.3, 0.4) is 0 Å². The number of nitrogens with one attached hydrogen (secondary N) is 1. The van der Waals surface area contributed by atoms with Crippen LogP contribution in [0.4, 0.5) is 0 Å². The van der Waals surface area contributed by atoms with Crippen molar-refractivity contribution in [1.82, 2.24) is 5.32 Å². The Morgan fingerprint density at radius 1 is 1.38 bits per heavy atom. The number of aliphatic hydroxyl groups excluding tert-OH is 1. The summed E-state index contributed by atoms with van der Waals surface area (Å²) in [6, 6.07) is 0. The van der Waals surface area contributed by atoms with E-state index in [9.17, 15) is 5.11 Å². The molecule has 0 aromatic carbocycles. The number of hydrogen-bond donors (Lipinski definition) is 2. The second kappa shape index (κ2) is 6.17. The average Bonchev–Trinajstić information content (AvgIpc) is 2.13. The van der Waals surface area contributed by atoms with Crippen molar-refractivity contribution in [2.75, 3.05) is 13.2 Å². The SMILES string of the molecule is C=C(C)CCNC(CC)(CC)CO. The van der Waals surface area contributed by atoms with Gasteiger partial charge < -0.3 is 10.4 Å². The van der Waals surface area contributed by atoms with Crippen LogP contribution in [0.1, 0.15) is 40.0 Å². The van der Waals surface area contributed by atoms with Crippen molar-refractivity contribution in [3.05, 3.63) is 12.2 Å². The molecule has 13 heavy (non-hydrogen) atoms. The summed E-state index contributed by atoms with van der Waals surface area (Å²) in [5.74, 6) is 0. The molecule has 0 bridgehead atoms. The zero-order chi connectivity index (χ0) is 10.3. The van der Waals surface area contributed by atoms with E-state index in [1.807, 2.05) is 6.92 Å². The number of aliphatic hydroxyl groups is 1. The highest BCUT2D eigenvalue weighted by Gasteiger charge is 2.23. The molecule has 0 saturated carbocycles. The van der Waals surface area contributed by atoms with E-state index >= 15 is 0 Å². The van der Waals surface area contributed by atoms with Gasteiger partial charge in [-0.1, -0.05) is 19.4 Å². The van der Waals surface area contributed by atoms with Gasteiger partial charge in [0.15, 0.2) is 0 Å². The Hall–Kier alpha value is -0.340. The highest BCUT2D eigenvalue weighted by molar-refractivity contribution is 4.91. The molecular formula is C11H23NO. The zero-order valence-electron chi connectivity index (χ0n) is 9.19. The Morgan fingerprint density at radius 2 is 1.92 bits per heavy atom. The lowest BCUT2D eigenvalue weighted by Gasteiger charge is -2.31. The van der Waals surface area contributed by atoms with Gasteiger partial charge in [-0.05, 0) is 32.7 Å². The molecule has 0 atom stereocenters. The van der Waals surface area contributed by atoms with E-state index in [0.717, 1.165) is 25.8 Å². The molecule has 2 nitrogen and oxygen atoms in total. The Labute approximate surface area is 82.0 Å². The third kappa shape index (κ3) is 4.44. The second-order valence-electron chi connectivity index (χ2n) is 3.78. The maximum absolute atomic E-state index is 9.26. The second-order valence-corrected chi connectivity index (χ2v) is 3.78. The molecule has 0 aliphatic rings. The predicted molar refractivity (Wildman–Crippen MR) is 57.8 cm³/mol. The molecule has 0 aliphatic heterocycles. The monoisotopic (exact) mass is 185 g/mol. The van der Waals surface area contributed by atoms with Crippen molar-refractivity contribution in [2.24, 2.45) is 0 Å². The van der Waals surface area contributed by atoms with Crippen molar-refractivity contribution in [2.45, 2.75) is 45.6 Å². The van der Waals surface area contributed by atoms with Gasteiger partial charge in [-0.2, -0.15) is 0 Å². The van der Waals surface area contributed by atoms with Crippen LogP contribution in [0.25, 0.3) is 0 Å². The van der Waals surface area contributed by atoms with Gasteiger partial charge in [-0.25, -0.2) is 0 Å². The Morgan fingerprint density at radius 3 is 2.23 bits per heavy atom. The van der Waals surface area contributed by atoms with Gasteiger partial charge in [-0.15, -0.1) is 6.58 Å². The number of rotatable bonds is 7. The third-order valence-electron chi connectivity index (χ3n) is 2.71. The molecule has 0 amide bonds. The first-order valence-electron chi connectivity index (χ1n) is 5.10. The molecule has 78 valence electrons. The lowest BCUT2D eigenvalue weighted by Crippen LogP contribution is -2.47. The third-order valence-corrected chi connectivity index (χ3v) is 2.71. The average molecular weight is 185 g/mol. The first kappa shape index (κ1) is 12.7. The maximum Gasteiger partial charge on any atom is 0.0613 e. The maximum atomic E-state index is 9.26. The quantitative estimate of drug-likeness (QED) is 0.595. The highest BCUT2D eigenvalue weighted by atomic mass is 16.3. The lowest BCUT2D eigenvalue weighted by atomic mass is 9.93. The summed E-state index contributed by atoms with van der Waals surface area (Å²) in [4.78, 5) is 0. The fraction of sp³-hybridized carbons (Fsp3) is 0.818. The molecule has 0 aromatic rings. The molecule has 0 radical (unpaired) electrons. The van der Waals surface area contributed by atoms with Crippen LogP contribution in [0.15, 0.2) is 12.2 Å². The van der Waals surface area contributed by atoms with E-state index in [2.05, 4.69) is 25.7 Å². The Kier molecular flexibility index (Phi) is 6.00. The van der Waals surface area contributed by atoms with E-state index in [1.165, 1.54) is 5.57 Å². The van der Waals surface area contributed by atoms with Gasteiger partial charge in [0.1, 0.15) is 0 Å². The summed E-state index contributed by atoms with van der Waals surface area (Å²) < 4.78 is 0. The lowest BCUT2D eigenvalue weighted by molar-refractivity contribution is 0.152. The van der Waals surface area contributed by atoms with Crippen molar-refractivity contribution < 1.29 is 5.11 Å². The first-order valence-corrected chi connectivity index (χ1v) is 5.10.